The molecule has 0 spiro atoms. The van der Waals surface area contributed by atoms with Crippen LogP contribution in [0.15, 0.2) is 91.3 Å². The van der Waals surface area contributed by atoms with Crippen LogP contribution in [-0.2, 0) is 12.8 Å². The number of ether oxygens (including phenoxy) is 1. The maximum absolute atomic E-state index is 6.12. The van der Waals surface area contributed by atoms with E-state index >= 15 is 0 Å². The molecule has 0 bridgehead atoms. The lowest BCUT2D eigenvalue weighted by atomic mass is 10.0. The highest BCUT2D eigenvalue weighted by Gasteiger charge is 2.22. The highest BCUT2D eigenvalue weighted by Crippen LogP contribution is 2.36. The molecule has 1 aliphatic carbocycles. The average molecular weight is 473 g/mol. The molecule has 0 atom stereocenters. The molecule has 36 heavy (non-hydrogen) atoms. The molecule has 7 nitrogen and oxygen atoms in total. The summed E-state index contributed by atoms with van der Waals surface area (Å²) in [6.07, 6.45) is 6.51. The molecule has 3 aromatic heterocycles. The second kappa shape index (κ2) is 9.46. The summed E-state index contributed by atoms with van der Waals surface area (Å²) in [7, 11) is 0. The lowest BCUT2D eigenvalue weighted by Crippen LogP contribution is -2.03. The van der Waals surface area contributed by atoms with Gasteiger partial charge in [0.1, 0.15) is 11.6 Å². The molecule has 1 aliphatic rings. The Balaban J connectivity index is 1.22. The van der Waals surface area contributed by atoms with E-state index in [1.54, 1.807) is 18.5 Å². The average Bonchev–Trinajstić information content (AvgIpc) is 3.41. The molecule has 6 rings (SSSR count). The topological polar surface area (TPSA) is 98.8 Å². The Morgan fingerprint density at radius 3 is 2.42 bits per heavy atom. The Hall–Kier alpha value is -4.78. The summed E-state index contributed by atoms with van der Waals surface area (Å²) in [4.78, 5) is 8.49. The third-order valence-corrected chi connectivity index (χ3v) is 6.28. The quantitative estimate of drug-likeness (QED) is 0.303. The highest BCUT2D eigenvalue weighted by atomic mass is 16.5. The minimum Gasteiger partial charge on any atom is -0.438 e. The Bertz CT molecular complexity index is 1520. The molecule has 3 N–H and O–H groups in total. The van der Waals surface area contributed by atoms with Crippen LogP contribution in [0.5, 0.6) is 11.6 Å². The van der Waals surface area contributed by atoms with E-state index in [1.165, 1.54) is 11.1 Å². The fourth-order valence-corrected chi connectivity index (χ4v) is 4.58. The molecular formula is C29H24N6O. The number of benzene rings is 2. The van der Waals surface area contributed by atoms with Crippen LogP contribution < -0.4 is 15.8 Å². The van der Waals surface area contributed by atoms with Crippen LogP contribution in [0.2, 0.25) is 0 Å². The summed E-state index contributed by atoms with van der Waals surface area (Å²) in [5.41, 5.74) is 13.2. The molecule has 0 saturated heterocycles. The first-order valence-electron chi connectivity index (χ1n) is 11.9. The number of nitrogen functional groups attached to an aromatic ring is 1. The van der Waals surface area contributed by atoms with Gasteiger partial charge in [-0.2, -0.15) is 0 Å². The molecule has 0 amide bonds. The number of aromatic nitrogens is 4. The van der Waals surface area contributed by atoms with E-state index < -0.39 is 0 Å². The lowest BCUT2D eigenvalue weighted by Gasteiger charge is -2.14. The van der Waals surface area contributed by atoms with Crippen molar-refractivity contribution in [1.29, 1.82) is 0 Å². The molecule has 5 aromatic rings. The van der Waals surface area contributed by atoms with Crippen molar-refractivity contribution in [1.82, 2.24) is 20.2 Å². The van der Waals surface area contributed by atoms with Gasteiger partial charge in [0.2, 0.25) is 5.88 Å². The first-order valence-corrected chi connectivity index (χ1v) is 11.9. The molecule has 7 heteroatoms. The summed E-state index contributed by atoms with van der Waals surface area (Å²) in [6, 6.07) is 25.5. The van der Waals surface area contributed by atoms with E-state index in [4.69, 9.17) is 10.5 Å². The molecule has 3 heterocycles. The number of hydrogen-bond donors (Lipinski definition) is 2. The number of rotatable bonds is 6. The molecular weight excluding hydrogens is 448 g/mol. The summed E-state index contributed by atoms with van der Waals surface area (Å²) in [5, 5.41) is 12.6. The predicted octanol–water partition coefficient (Wildman–Crippen LogP) is 6.21. The van der Waals surface area contributed by atoms with E-state index in [9.17, 15) is 0 Å². The van der Waals surface area contributed by atoms with Gasteiger partial charge < -0.3 is 15.8 Å². The Kier molecular flexibility index (Phi) is 5.71. The molecule has 0 unspecified atom stereocenters. The van der Waals surface area contributed by atoms with Crippen molar-refractivity contribution in [3.8, 4) is 34.0 Å². The Labute approximate surface area is 209 Å². The van der Waals surface area contributed by atoms with Crippen LogP contribution >= 0.6 is 0 Å². The number of nitrogens with zero attached hydrogens (tertiary/aromatic N) is 4. The molecule has 176 valence electrons. The predicted molar refractivity (Wildman–Crippen MR) is 141 cm³/mol. The number of nitrogens with two attached hydrogens (primary N) is 1. The van der Waals surface area contributed by atoms with E-state index in [0.717, 1.165) is 53.2 Å². The van der Waals surface area contributed by atoms with Gasteiger partial charge in [-0.1, -0.05) is 30.3 Å². The molecule has 2 aromatic carbocycles. The minimum absolute atomic E-state index is 0.448. The second-order valence-electron chi connectivity index (χ2n) is 8.65. The van der Waals surface area contributed by atoms with Gasteiger partial charge >= 0.3 is 0 Å². The standard InChI is InChI=1S/C29H24N6O/c30-26-18-20(15-17-31-26)23-10-5-16-32-29(23)36-22-13-11-21(12-14-22)33-28-25-9-4-8-24(25)27(34-35-28)19-6-2-1-3-7-19/h1-3,5-7,10-18H,4,8-9H2,(H2,30,31)(H,33,35). The van der Waals surface area contributed by atoms with Crippen LogP contribution in [0, 0.1) is 0 Å². The van der Waals surface area contributed by atoms with E-state index in [0.29, 0.717) is 17.4 Å². The Morgan fingerprint density at radius 2 is 1.58 bits per heavy atom. The van der Waals surface area contributed by atoms with Gasteiger partial charge in [-0.3, -0.25) is 0 Å². The third kappa shape index (κ3) is 4.34. The van der Waals surface area contributed by atoms with Gasteiger partial charge in [-0.15, -0.1) is 10.2 Å². The lowest BCUT2D eigenvalue weighted by molar-refractivity contribution is 0.465. The maximum atomic E-state index is 6.12. The van der Waals surface area contributed by atoms with Gasteiger partial charge in [0.15, 0.2) is 5.82 Å². The smallest absolute Gasteiger partial charge is 0.227 e. The van der Waals surface area contributed by atoms with Crippen molar-refractivity contribution < 1.29 is 4.74 Å². The fraction of sp³-hybridized carbons (Fsp3) is 0.103. The first-order chi connectivity index (χ1) is 17.7. The van der Waals surface area contributed by atoms with Crippen LogP contribution in [0.25, 0.3) is 22.4 Å². The van der Waals surface area contributed by atoms with Crippen LogP contribution in [0.3, 0.4) is 0 Å². The van der Waals surface area contributed by atoms with Gasteiger partial charge in [-0.05, 0) is 78.9 Å². The van der Waals surface area contributed by atoms with Crippen LogP contribution in [0.1, 0.15) is 17.5 Å². The van der Waals surface area contributed by atoms with Gasteiger partial charge in [0, 0.05) is 34.8 Å². The molecule has 0 saturated carbocycles. The van der Waals surface area contributed by atoms with E-state index in [2.05, 4.69) is 37.6 Å². The highest BCUT2D eigenvalue weighted by molar-refractivity contribution is 5.72. The zero-order valence-electron chi connectivity index (χ0n) is 19.6. The van der Waals surface area contributed by atoms with E-state index in [-0.39, 0.29) is 0 Å². The van der Waals surface area contributed by atoms with Gasteiger partial charge in [-0.25, -0.2) is 9.97 Å². The SMILES string of the molecule is Nc1cc(-c2cccnc2Oc2ccc(Nc3nnc(-c4ccccc4)c4c3CCC4)cc2)ccn1. The summed E-state index contributed by atoms with van der Waals surface area (Å²) in [5.74, 6) is 2.45. The number of anilines is 3. The number of fused-ring (bicyclic) bond motifs is 1. The van der Waals surface area contributed by atoms with Gasteiger partial charge in [0.25, 0.3) is 0 Å². The second-order valence-corrected chi connectivity index (χ2v) is 8.65. The van der Waals surface area contributed by atoms with Crippen molar-refractivity contribution >= 4 is 17.3 Å². The fourth-order valence-electron chi connectivity index (χ4n) is 4.58. The molecule has 0 radical (unpaired) electrons. The number of hydrogen-bond acceptors (Lipinski definition) is 7. The van der Waals surface area contributed by atoms with Crippen molar-refractivity contribution in [2.24, 2.45) is 0 Å². The Morgan fingerprint density at radius 1 is 0.750 bits per heavy atom. The van der Waals surface area contributed by atoms with Crippen LogP contribution in [-0.4, -0.2) is 20.2 Å². The maximum Gasteiger partial charge on any atom is 0.227 e. The minimum atomic E-state index is 0.448. The zero-order chi connectivity index (χ0) is 24.3. The normalized spacial score (nSPS) is 12.2. The number of pyridine rings is 2. The summed E-state index contributed by atoms with van der Waals surface area (Å²) in [6.45, 7) is 0. The molecule has 0 aliphatic heterocycles. The molecule has 0 fully saturated rings. The zero-order valence-corrected chi connectivity index (χ0v) is 19.6. The summed E-state index contributed by atoms with van der Waals surface area (Å²) >= 11 is 0. The monoisotopic (exact) mass is 472 g/mol. The first kappa shape index (κ1) is 21.7. The van der Waals surface area contributed by atoms with Crippen LogP contribution in [0.4, 0.5) is 17.3 Å². The third-order valence-electron chi connectivity index (χ3n) is 6.28. The van der Waals surface area contributed by atoms with Crippen molar-refractivity contribution in [3.05, 3.63) is 102 Å². The summed E-state index contributed by atoms with van der Waals surface area (Å²) < 4.78 is 6.12. The largest absolute Gasteiger partial charge is 0.438 e. The van der Waals surface area contributed by atoms with Crippen molar-refractivity contribution in [2.75, 3.05) is 11.1 Å². The van der Waals surface area contributed by atoms with Crippen molar-refractivity contribution in [2.45, 2.75) is 19.3 Å². The van der Waals surface area contributed by atoms with E-state index in [1.807, 2.05) is 60.7 Å². The van der Waals surface area contributed by atoms with Crippen molar-refractivity contribution in [3.63, 3.8) is 0 Å². The van der Waals surface area contributed by atoms with Gasteiger partial charge in [0.05, 0.1) is 5.69 Å². The number of nitrogens with one attached hydrogen (secondary N) is 1.